The van der Waals surface area contributed by atoms with Crippen LogP contribution in [0.3, 0.4) is 0 Å². The molecule has 0 saturated carbocycles. The fourth-order valence-corrected chi connectivity index (χ4v) is 2.31. The first kappa shape index (κ1) is 15.2. The molecule has 0 radical (unpaired) electrons. The van der Waals surface area contributed by atoms with Crippen molar-refractivity contribution in [1.82, 2.24) is 0 Å². The summed E-state index contributed by atoms with van der Waals surface area (Å²) in [6.45, 7) is 0. The first-order chi connectivity index (χ1) is 9.97. The Balaban J connectivity index is 2.18. The van der Waals surface area contributed by atoms with Crippen LogP contribution < -0.4 is 5.32 Å². The molecule has 0 aliphatic rings. The summed E-state index contributed by atoms with van der Waals surface area (Å²) in [6.07, 6.45) is -0.0435. The van der Waals surface area contributed by atoms with Crippen LogP contribution in [0.2, 0.25) is 0 Å². The third-order valence-electron chi connectivity index (χ3n) is 2.76. The van der Waals surface area contributed by atoms with E-state index in [2.05, 4.69) is 21.2 Å². The molecule has 0 atom stereocenters. The van der Waals surface area contributed by atoms with E-state index in [1.165, 1.54) is 24.3 Å². The molecule has 0 aromatic heterocycles. The smallest absolute Gasteiger partial charge is 0.337 e. The van der Waals surface area contributed by atoms with Gasteiger partial charge in [0.1, 0.15) is 5.82 Å². The number of anilines is 1. The van der Waals surface area contributed by atoms with Gasteiger partial charge in [0.2, 0.25) is 5.91 Å². The quantitative estimate of drug-likeness (QED) is 0.886. The summed E-state index contributed by atoms with van der Waals surface area (Å²) in [4.78, 5) is 23.1. The molecule has 2 aromatic rings. The summed E-state index contributed by atoms with van der Waals surface area (Å²) >= 11 is 3.20. The number of carboxylic acid groups (broad SMARTS) is 1. The van der Waals surface area contributed by atoms with Crippen molar-refractivity contribution < 1.29 is 19.1 Å². The zero-order valence-electron chi connectivity index (χ0n) is 10.8. The molecule has 0 fully saturated rings. The number of hydrogen-bond donors (Lipinski definition) is 2. The van der Waals surface area contributed by atoms with Gasteiger partial charge in [-0.2, -0.15) is 0 Å². The van der Waals surface area contributed by atoms with Gasteiger partial charge in [-0.15, -0.1) is 0 Å². The van der Waals surface area contributed by atoms with Gasteiger partial charge in [0.15, 0.2) is 0 Å². The number of hydrogen-bond acceptors (Lipinski definition) is 2. The maximum atomic E-state index is 13.1. The number of carbonyl (C=O) groups is 2. The third-order valence-corrected chi connectivity index (χ3v) is 3.42. The van der Waals surface area contributed by atoms with Crippen LogP contribution in [0.25, 0.3) is 0 Å². The van der Waals surface area contributed by atoms with E-state index >= 15 is 0 Å². The fraction of sp³-hybridized carbons (Fsp3) is 0.0667. The van der Waals surface area contributed by atoms with Gasteiger partial charge in [-0.3, -0.25) is 4.79 Å². The van der Waals surface area contributed by atoms with Gasteiger partial charge in [0, 0.05) is 4.47 Å². The Hall–Kier alpha value is -2.21. The minimum absolute atomic E-state index is 0.0167. The Labute approximate surface area is 128 Å². The van der Waals surface area contributed by atoms with E-state index in [-0.39, 0.29) is 17.7 Å². The zero-order valence-corrected chi connectivity index (χ0v) is 12.4. The largest absolute Gasteiger partial charge is 0.478 e. The minimum Gasteiger partial charge on any atom is -0.478 e. The summed E-state index contributed by atoms with van der Waals surface area (Å²) in [6, 6.07) is 10.3. The van der Waals surface area contributed by atoms with E-state index in [0.29, 0.717) is 10.0 Å². The van der Waals surface area contributed by atoms with Crippen molar-refractivity contribution >= 4 is 33.5 Å². The number of aromatic carboxylic acids is 1. The highest BCUT2D eigenvalue weighted by molar-refractivity contribution is 9.10. The molecule has 0 aliphatic heterocycles. The predicted molar refractivity (Wildman–Crippen MR) is 79.8 cm³/mol. The van der Waals surface area contributed by atoms with Crippen LogP contribution in [0.5, 0.6) is 0 Å². The van der Waals surface area contributed by atoms with Crippen molar-refractivity contribution in [2.75, 3.05) is 5.32 Å². The lowest BCUT2D eigenvalue weighted by atomic mass is 10.1. The van der Waals surface area contributed by atoms with Crippen LogP contribution in [0.1, 0.15) is 15.9 Å². The molecule has 6 heteroatoms. The molecule has 0 bridgehead atoms. The molecule has 0 heterocycles. The molecule has 0 spiro atoms. The SMILES string of the molecule is O=C(Cc1cccc(F)c1)Nc1c(Br)cccc1C(=O)O. The average molecular weight is 352 g/mol. The summed E-state index contributed by atoms with van der Waals surface area (Å²) in [5.41, 5.74) is 0.680. The monoisotopic (exact) mass is 351 g/mol. The highest BCUT2D eigenvalue weighted by atomic mass is 79.9. The maximum absolute atomic E-state index is 13.1. The summed E-state index contributed by atoms with van der Waals surface area (Å²) in [5, 5.41) is 11.6. The van der Waals surface area contributed by atoms with Gasteiger partial charge in [-0.25, -0.2) is 9.18 Å². The topological polar surface area (TPSA) is 66.4 Å². The summed E-state index contributed by atoms with van der Waals surface area (Å²) in [7, 11) is 0. The third kappa shape index (κ3) is 3.88. The number of para-hydroxylation sites is 1. The normalized spacial score (nSPS) is 10.2. The molecule has 2 N–H and O–H groups in total. The minimum atomic E-state index is -1.14. The number of rotatable bonds is 4. The maximum Gasteiger partial charge on any atom is 0.337 e. The molecule has 0 saturated heterocycles. The second-order valence-corrected chi connectivity index (χ2v) is 5.18. The zero-order chi connectivity index (χ0) is 15.4. The van der Waals surface area contributed by atoms with Crippen LogP contribution >= 0.6 is 15.9 Å². The molecule has 2 aromatic carbocycles. The van der Waals surface area contributed by atoms with Crippen molar-refractivity contribution in [3.8, 4) is 0 Å². The van der Waals surface area contributed by atoms with Gasteiger partial charge in [-0.05, 0) is 45.8 Å². The Morgan fingerprint density at radius 2 is 1.90 bits per heavy atom. The molecule has 4 nitrogen and oxygen atoms in total. The van der Waals surface area contributed by atoms with Crippen LogP contribution in [0.4, 0.5) is 10.1 Å². The van der Waals surface area contributed by atoms with Crippen LogP contribution in [-0.4, -0.2) is 17.0 Å². The molecule has 21 heavy (non-hydrogen) atoms. The molecule has 2 rings (SSSR count). The number of benzene rings is 2. The molecule has 0 aliphatic carbocycles. The lowest BCUT2D eigenvalue weighted by Crippen LogP contribution is -2.17. The molecule has 1 amide bonds. The van der Waals surface area contributed by atoms with Gasteiger partial charge in [0.05, 0.1) is 17.7 Å². The van der Waals surface area contributed by atoms with Gasteiger partial charge >= 0.3 is 5.97 Å². The van der Waals surface area contributed by atoms with E-state index in [0.717, 1.165) is 0 Å². The fourth-order valence-electron chi connectivity index (χ4n) is 1.85. The van der Waals surface area contributed by atoms with E-state index in [1.54, 1.807) is 18.2 Å². The molecule has 0 unspecified atom stereocenters. The lowest BCUT2D eigenvalue weighted by molar-refractivity contribution is -0.115. The van der Waals surface area contributed by atoms with Gasteiger partial charge in [0.25, 0.3) is 0 Å². The van der Waals surface area contributed by atoms with E-state index in [4.69, 9.17) is 5.11 Å². The van der Waals surface area contributed by atoms with Gasteiger partial charge < -0.3 is 10.4 Å². The van der Waals surface area contributed by atoms with Crippen molar-refractivity contribution in [2.45, 2.75) is 6.42 Å². The standard InChI is InChI=1S/C15H11BrFNO3/c16-12-6-2-5-11(15(20)21)14(12)18-13(19)8-9-3-1-4-10(17)7-9/h1-7H,8H2,(H,18,19)(H,20,21). The highest BCUT2D eigenvalue weighted by Gasteiger charge is 2.15. The summed E-state index contributed by atoms with van der Waals surface area (Å²) < 4.78 is 13.5. The second kappa shape index (κ2) is 6.49. The van der Waals surface area contributed by atoms with Crippen LogP contribution in [-0.2, 0) is 11.2 Å². The van der Waals surface area contributed by atoms with Crippen molar-refractivity contribution in [1.29, 1.82) is 0 Å². The first-order valence-corrected chi connectivity index (χ1v) is 6.83. The van der Waals surface area contributed by atoms with Gasteiger partial charge in [-0.1, -0.05) is 18.2 Å². The number of halogens is 2. The predicted octanol–water partition coefficient (Wildman–Crippen LogP) is 3.47. The highest BCUT2D eigenvalue weighted by Crippen LogP contribution is 2.26. The second-order valence-electron chi connectivity index (χ2n) is 4.32. The Kier molecular flexibility index (Phi) is 4.70. The molecular formula is C15H11BrFNO3. The number of carbonyl (C=O) groups excluding carboxylic acids is 1. The Morgan fingerprint density at radius 1 is 1.19 bits per heavy atom. The molecular weight excluding hydrogens is 341 g/mol. The van der Waals surface area contributed by atoms with Crippen molar-refractivity contribution in [3.63, 3.8) is 0 Å². The Bertz CT molecular complexity index is 703. The van der Waals surface area contributed by atoms with E-state index in [9.17, 15) is 14.0 Å². The van der Waals surface area contributed by atoms with Crippen molar-refractivity contribution in [2.24, 2.45) is 0 Å². The summed E-state index contributed by atoms with van der Waals surface area (Å²) in [5.74, 6) is -1.99. The van der Waals surface area contributed by atoms with Crippen LogP contribution in [0, 0.1) is 5.82 Å². The molecule has 108 valence electrons. The van der Waals surface area contributed by atoms with E-state index < -0.39 is 17.7 Å². The van der Waals surface area contributed by atoms with Crippen molar-refractivity contribution in [3.05, 3.63) is 63.9 Å². The number of carboxylic acids is 1. The van der Waals surface area contributed by atoms with Crippen LogP contribution in [0.15, 0.2) is 46.9 Å². The number of nitrogens with one attached hydrogen (secondary N) is 1. The van der Waals surface area contributed by atoms with E-state index in [1.807, 2.05) is 0 Å². The lowest BCUT2D eigenvalue weighted by Gasteiger charge is -2.10. The number of amides is 1. The average Bonchev–Trinajstić information content (AvgIpc) is 2.40. The first-order valence-electron chi connectivity index (χ1n) is 6.03. The Morgan fingerprint density at radius 3 is 2.57 bits per heavy atom.